The van der Waals surface area contributed by atoms with E-state index in [-0.39, 0.29) is 0 Å². The van der Waals surface area contributed by atoms with Gasteiger partial charge in [0, 0.05) is 18.0 Å². The largest absolute Gasteiger partial charge is 0.469 e. The molecule has 64 valence electrons. The van der Waals surface area contributed by atoms with Crippen LogP contribution >= 0.6 is 0 Å². The fraction of sp³-hybridized carbons (Fsp3) is 0.600. The molecule has 2 heteroatoms. The highest BCUT2D eigenvalue weighted by Crippen LogP contribution is 2.39. The maximum absolute atomic E-state index is 5.43. The van der Waals surface area contributed by atoms with E-state index in [2.05, 4.69) is 11.4 Å². The predicted molar refractivity (Wildman–Crippen MR) is 46.0 cm³/mol. The van der Waals surface area contributed by atoms with Crippen molar-refractivity contribution in [2.45, 2.75) is 37.3 Å². The van der Waals surface area contributed by atoms with Crippen LogP contribution < -0.4 is 5.32 Å². The Labute approximate surface area is 72.0 Å². The van der Waals surface area contributed by atoms with Gasteiger partial charge in [0.15, 0.2) is 0 Å². The molecule has 0 saturated carbocycles. The minimum absolute atomic E-state index is 0.652. The lowest BCUT2D eigenvalue weighted by Crippen LogP contribution is -2.21. The van der Waals surface area contributed by atoms with Gasteiger partial charge in [-0.15, -0.1) is 0 Å². The van der Waals surface area contributed by atoms with Gasteiger partial charge in [0.25, 0.3) is 0 Å². The van der Waals surface area contributed by atoms with Crippen molar-refractivity contribution in [3.05, 3.63) is 24.2 Å². The SMILES string of the molecule is c1coc(C2CC3CCC2N3)c1. The number of hydrogen-bond donors (Lipinski definition) is 1. The zero-order valence-corrected chi connectivity index (χ0v) is 6.99. The van der Waals surface area contributed by atoms with Crippen LogP contribution in [0.2, 0.25) is 0 Å². The highest BCUT2D eigenvalue weighted by atomic mass is 16.3. The van der Waals surface area contributed by atoms with Crippen LogP contribution in [0.15, 0.2) is 22.8 Å². The summed E-state index contributed by atoms with van der Waals surface area (Å²) in [4.78, 5) is 0. The van der Waals surface area contributed by atoms with Crippen LogP contribution in [0, 0.1) is 0 Å². The monoisotopic (exact) mass is 163 g/mol. The van der Waals surface area contributed by atoms with Crippen LogP contribution in [-0.4, -0.2) is 12.1 Å². The van der Waals surface area contributed by atoms with Crippen molar-refractivity contribution in [3.8, 4) is 0 Å². The highest BCUT2D eigenvalue weighted by Gasteiger charge is 2.40. The minimum atomic E-state index is 0.652. The minimum Gasteiger partial charge on any atom is -0.469 e. The molecule has 0 aliphatic carbocycles. The van der Waals surface area contributed by atoms with E-state index in [0.717, 1.165) is 6.04 Å². The number of nitrogens with one attached hydrogen (secondary N) is 1. The Kier molecular flexibility index (Phi) is 1.32. The molecule has 12 heavy (non-hydrogen) atoms. The van der Waals surface area contributed by atoms with E-state index in [1.165, 1.54) is 25.0 Å². The quantitative estimate of drug-likeness (QED) is 0.684. The number of rotatable bonds is 1. The molecular weight excluding hydrogens is 150 g/mol. The Morgan fingerprint density at radius 3 is 3.00 bits per heavy atom. The summed E-state index contributed by atoms with van der Waals surface area (Å²) in [6, 6.07) is 5.56. The summed E-state index contributed by atoms with van der Waals surface area (Å²) in [5, 5.41) is 3.61. The van der Waals surface area contributed by atoms with E-state index in [4.69, 9.17) is 4.42 Å². The zero-order valence-electron chi connectivity index (χ0n) is 6.99. The van der Waals surface area contributed by atoms with Gasteiger partial charge in [-0.05, 0) is 31.4 Å². The number of furan rings is 1. The summed E-state index contributed by atoms with van der Waals surface area (Å²) in [6.45, 7) is 0. The Bertz CT molecular complexity index is 267. The first-order valence-electron chi connectivity index (χ1n) is 4.73. The Balaban J connectivity index is 1.87. The Morgan fingerprint density at radius 2 is 2.42 bits per heavy atom. The summed E-state index contributed by atoms with van der Waals surface area (Å²) >= 11 is 0. The second-order valence-corrected chi connectivity index (χ2v) is 3.91. The van der Waals surface area contributed by atoms with Crippen molar-refractivity contribution >= 4 is 0 Å². The highest BCUT2D eigenvalue weighted by molar-refractivity contribution is 5.15. The van der Waals surface area contributed by atoms with Gasteiger partial charge >= 0.3 is 0 Å². The smallest absolute Gasteiger partial charge is 0.108 e. The third-order valence-corrected chi connectivity index (χ3v) is 3.21. The molecule has 2 nitrogen and oxygen atoms in total. The van der Waals surface area contributed by atoms with Crippen molar-refractivity contribution in [1.82, 2.24) is 5.32 Å². The maximum atomic E-state index is 5.43. The second-order valence-electron chi connectivity index (χ2n) is 3.91. The molecule has 0 amide bonds. The van der Waals surface area contributed by atoms with Gasteiger partial charge in [0.2, 0.25) is 0 Å². The first-order chi connectivity index (χ1) is 5.93. The van der Waals surface area contributed by atoms with E-state index < -0.39 is 0 Å². The van der Waals surface area contributed by atoms with Gasteiger partial charge in [-0.25, -0.2) is 0 Å². The Morgan fingerprint density at radius 1 is 1.42 bits per heavy atom. The molecule has 0 radical (unpaired) electrons. The van der Waals surface area contributed by atoms with Gasteiger partial charge in [0.1, 0.15) is 5.76 Å². The molecule has 1 aromatic rings. The first-order valence-corrected chi connectivity index (χ1v) is 4.73. The van der Waals surface area contributed by atoms with Crippen molar-refractivity contribution in [2.75, 3.05) is 0 Å². The first kappa shape index (κ1) is 6.72. The number of hydrogen-bond acceptors (Lipinski definition) is 2. The van der Waals surface area contributed by atoms with Crippen LogP contribution in [0.5, 0.6) is 0 Å². The van der Waals surface area contributed by atoms with Crippen molar-refractivity contribution in [3.63, 3.8) is 0 Å². The molecule has 3 atom stereocenters. The van der Waals surface area contributed by atoms with Crippen LogP contribution in [0.25, 0.3) is 0 Å². The molecule has 0 aromatic carbocycles. The molecule has 0 spiro atoms. The predicted octanol–water partition coefficient (Wildman–Crippen LogP) is 1.89. The summed E-state index contributed by atoms with van der Waals surface area (Å²) in [7, 11) is 0. The fourth-order valence-corrected chi connectivity index (χ4v) is 2.64. The van der Waals surface area contributed by atoms with Crippen LogP contribution in [0.1, 0.15) is 30.9 Å². The lowest BCUT2D eigenvalue weighted by atomic mass is 9.87. The van der Waals surface area contributed by atoms with E-state index in [1.807, 2.05) is 6.07 Å². The molecular formula is C10H13NO. The van der Waals surface area contributed by atoms with Crippen molar-refractivity contribution in [2.24, 2.45) is 0 Å². The Hall–Kier alpha value is -0.760. The molecule has 2 aliphatic heterocycles. The normalized spacial score (nSPS) is 39.2. The van der Waals surface area contributed by atoms with Crippen molar-refractivity contribution < 1.29 is 4.42 Å². The van der Waals surface area contributed by atoms with E-state index in [9.17, 15) is 0 Å². The summed E-state index contributed by atoms with van der Waals surface area (Å²) in [5.41, 5.74) is 0. The topological polar surface area (TPSA) is 25.2 Å². The molecule has 2 aliphatic rings. The van der Waals surface area contributed by atoms with E-state index in [1.54, 1.807) is 6.26 Å². The van der Waals surface area contributed by atoms with Gasteiger partial charge < -0.3 is 9.73 Å². The molecule has 1 aromatic heterocycles. The second kappa shape index (κ2) is 2.36. The lowest BCUT2D eigenvalue weighted by molar-refractivity contribution is 0.407. The molecule has 1 N–H and O–H groups in total. The third kappa shape index (κ3) is 0.845. The number of fused-ring (bicyclic) bond motifs is 2. The van der Waals surface area contributed by atoms with Gasteiger partial charge in [-0.1, -0.05) is 0 Å². The van der Waals surface area contributed by atoms with E-state index in [0.29, 0.717) is 12.0 Å². The van der Waals surface area contributed by atoms with Gasteiger partial charge in [-0.2, -0.15) is 0 Å². The van der Waals surface area contributed by atoms with E-state index >= 15 is 0 Å². The standard InChI is InChI=1S/C10H13NO/c1-2-10(12-5-1)8-6-7-3-4-9(8)11-7/h1-2,5,7-9,11H,3-4,6H2. The fourth-order valence-electron chi connectivity index (χ4n) is 2.64. The summed E-state index contributed by atoms with van der Waals surface area (Å²) < 4.78 is 5.43. The van der Waals surface area contributed by atoms with Crippen molar-refractivity contribution in [1.29, 1.82) is 0 Å². The average Bonchev–Trinajstić information content (AvgIpc) is 2.81. The molecule has 3 unspecified atom stereocenters. The lowest BCUT2D eigenvalue weighted by Gasteiger charge is -2.17. The molecule has 2 bridgehead atoms. The third-order valence-electron chi connectivity index (χ3n) is 3.21. The molecule has 3 heterocycles. The molecule has 2 fully saturated rings. The molecule has 2 saturated heterocycles. The zero-order chi connectivity index (χ0) is 7.97. The van der Waals surface area contributed by atoms with Crippen LogP contribution in [0.3, 0.4) is 0 Å². The average molecular weight is 163 g/mol. The summed E-state index contributed by atoms with van der Waals surface area (Å²) in [6.07, 6.45) is 5.75. The van der Waals surface area contributed by atoms with Crippen LogP contribution in [-0.2, 0) is 0 Å². The molecule has 3 rings (SSSR count). The van der Waals surface area contributed by atoms with Gasteiger partial charge in [-0.3, -0.25) is 0 Å². The summed E-state index contributed by atoms with van der Waals surface area (Å²) in [5.74, 6) is 1.83. The van der Waals surface area contributed by atoms with Gasteiger partial charge in [0.05, 0.1) is 6.26 Å². The van der Waals surface area contributed by atoms with Crippen LogP contribution in [0.4, 0.5) is 0 Å². The maximum Gasteiger partial charge on any atom is 0.108 e.